The summed E-state index contributed by atoms with van der Waals surface area (Å²) in [4.78, 5) is 24.3. The number of rotatable bonds is 3. The van der Waals surface area contributed by atoms with Gasteiger partial charge in [0.1, 0.15) is 0 Å². The lowest BCUT2D eigenvalue weighted by Gasteiger charge is -2.32. The second-order valence-electron chi connectivity index (χ2n) is 5.64. The fourth-order valence-electron chi connectivity index (χ4n) is 2.66. The fourth-order valence-corrected chi connectivity index (χ4v) is 2.66. The molecule has 114 valence electrons. The second kappa shape index (κ2) is 6.61. The van der Waals surface area contributed by atoms with Crippen molar-refractivity contribution in [1.29, 1.82) is 0 Å². The Labute approximate surface area is 125 Å². The number of hydrogen-bond donors (Lipinski definition) is 2. The summed E-state index contributed by atoms with van der Waals surface area (Å²) >= 11 is 0. The molecule has 2 amide bonds. The second-order valence-corrected chi connectivity index (χ2v) is 5.64. The van der Waals surface area contributed by atoms with E-state index in [0.29, 0.717) is 6.04 Å². The van der Waals surface area contributed by atoms with Gasteiger partial charge in [-0.3, -0.25) is 9.59 Å². The predicted molar refractivity (Wildman–Crippen MR) is 84.4 cm³/mol. The van der Waals surface area contributed by atoms with E-state index in [-0.39, 0.29) is 11.8 Å². The molecule has 1 fully saturated rings. The summed E-state index contributed by atoms with van der Waals surface area (Å²) in [6, 6.07) is 6.34. The molecule has 2 rings (SSSR count). The summed E-state index contributed by atoms with van der Waals surface area (Å²) in [5.74, 6) is 0.0966. The molecule has 1 aliphatic heterocycles. The van der Waals surface area contributed by atoms with Gasteiger partial charge >= 0.3 is 0 Å². The van der Waals surface area contributed by atoms with Crippen LogP contribution >= 0.6 is 0 Å². The lowest BCUT2D eigenvalue weighted by atomic mass is 10.0. The Hall–Kier alpha value is -2.04. The van der Waals surface area contributed by atoms with E-state index in [1.54, 1.807) is 6.92 Å². The number of amides is 2. The first kappa shape index (κ1) is 15.4. The molecule has 2 N–H and O–H groups in total. The van der Waals surface area contributed by atoms with Crippen LogP contribution < -0.4 is 10.6 Å². The highest BCUT2D eigenvalue weighted by atomic mass is 16.2. The van der Waals surface area contributed by atoms with Gasteiger partial charge in [0, 0.05) is 44.4 Å². The van der Waals surface area contributed by atoms with Crippen LogP contribution in [0.4, 0.5) is 11.4 Å². The number of carbonyl (C=O) groups excluding carboxylic acids is 2. The highest BCUT2D eigenvalue weighted by Gasteiger charge is 2.20. The van der Waals surface area contributed by atoms with Gasteiger partial charge in [-0.15, -0.1) is 0 Å². The Kier molecular flexibility index (Phi) is 4.83. The molecule has 0 aromatic heterocycles. The average Bonchev–Trinajstić information content (AvgIpc) is 2.42. The van der Waals surface area contributed by atoms with E-state index >= 15 is 0 Å². The van der Waals surface area contributed by atoms with Crippen molar-refractivity contribution in [2.45, 2.75) is 39.7 Å². The van der Waals surface area contributed by atoms with Crippen LogP contribution in [0.3, 0.4) is 0 Å². The van der Waals surface area contributed by atoms with Crippen molar-refractivity contribution in [3.05, 3.63) is 23.8 Å². The molecule has 5 nitrogen and oxygen atoms in total. The van der Waals surface area contributed by atoms with Crippen LogP contribution in [-0.4, -0.2) is 35.8 Å². The van der Waals surface area contributed by atoms with E-state index in [1.807, 2.05) is 30.0 Å². The van der Waals surface area contributed by atoms with Crippen molar-refractivity contribution in [1.82, 2.24) is 4.90 Å². The van der Waals surface area contributed by atoms with Crippen molar-refractivity contribution in [3.8, 4) is 0 Å². The Morgan fingerprint density at radius 3 is 2.38 bits per heavy atom. The van der Waals surface area contributed by atoms with Crippen molar-refractivity contribution in [2.24, 2.45) is 0 Å². The molecule has 1 aromatic rings. The minimum atomic E-state index is -0.0598. The van der Waals surface area contributed by atoms with Crippen LogP contribution in [0.5, 0.6) is 0 Å². The molecule has 1 heterocycles. The summed E-state index contributed by atoms with van der Waals surface area (Å²) in [6.45, 7) is 6.74. The third-order valence-electron chi connectivity index (χ3n) is 3.85. The number of hydrogen-bond acceptors (Lipinski definition) is 3. The number of carbonyl (C=O) groups is 2. The standard InChI is InChI=1S/C16H23N3O2/c1-11-10-15(4-5-16(11)17-12(2)20)18-14-6-8-19(9-7-14)13(3)21/h4-5,10,14,18H,6-9H2,1-3H3,(H,17,20). The first-order chi connectivity index (χ1) is 9.95. The molecule has 1 aliphatic rings. The number of anilines is 2. The maximum absolute atomic E-state index is 11.3. The van der Waals surface area contributed by atoms with E-state index in [0.717, 1.165) is 42.9 Å². The quantitative estimate of drug-likeness (QED) is 0.898. The molecule has 0 aliphatic carbocycles. The Morgan fingerprint density at radius 1 is 1.19 bits per heavy atom. The van der Waals surface area contributed by atoms with E-state index in [1.165, 1.54) is 6.92 Å². The SMILES string of the molecule is CC(=O)Nc1ccc(NC2CCN(C(C)=O)CC2)cc1C. The summed E-state index contributed by atoms with van der Waals surface area (Å²) in [6.07, 6.45) is 1.93. The zero-order chi connectivity index (χ0) is 15.4. The molecule has 0 unspecified atom stereocenters. The third kappa shape index (κ3) is 4.21. The number of nitrogens with zero attached hydrogens (tertiary/aromatic N) is 1. The Morgan fingerprint density at radius 2 is 1.86 bits per heavy atom. The zero-order valence-electron chi connectivity index (χ0n) is 12.9. The molecule has 1 aromatic carbocycles. The van der Waals surface area contributed by atoms with Gasteiger partial charge in [0.25, 0.3) is 0 Å². The van der Waals surface area contributed by atoms with Crippen LogP contribution in [0.1, 0.15) is 32.3 Å². The van der Waals surface area contributed by atoms with Crippen LogP contribution in [0.25, 0.3) is 0 Å². The third-order valence-corrected chi connectivity index (χ3v) is 3.85. The molecule has 0 radical (unpaired) electrons. The van der Waals surface area contributed by atoms with Gasteiger partial charge < -0.3 is 15.5 Å². The van der Waals surface area contributed by atoms with Crippen LogP contribution in [0.2, 0.25) is 0 Å². The molecule has 0 spiro atoms. The first-order valence-electron chi connectivity index (χ1n) is 7.36. The molecule has 1 saturated heterocycles. The summed E-state index contributed by atoms with van der Waals surface area (Å²) in [7, 11) is 0. The smallest absolute Gasteiger partial charge is 0.221 e. The summed E-state index contributed by atoms with van der Waals surface area (Å²) in [5, 5.41) is 6.32. The number of piperidine rings is 1. The Bertz CT molecular complexity index is 534. The van der Waals surface area contributed by atoms with Crippen LogP contribution in [0, 0.1) is 6.92 Å². The Balaban J connectivity index is 1.93. The number of likely N-dealkylation sites (tertiary alicyclic amines) is 1. The maximum atomic E-state index is 11.3. The summed E-state index contributed by atoms with van der Waals surface area (Å²) in [5.41, 5.74) is 2.94. The summed E-state index contributed by atoms with van der Waals surface area (Å²) < 4.78 is 0. The van der Waals surface area contributed by atoms with Crippen molar-refractivity contribution < 1.29 is 9.59 Å². The fraction of sp³-hybridized carbons (Fsp3) is 0.500. The normalized spacial score (nSPS) is 15.7. The van der Waals surface area contributed by atoms with Gasteiger partial charge in [0.05, 0.1) is 0 Å². The van der Waals surface area contributed by atoms with Crippen LogP contribution in [0.15, 0.2) is 18.2 Å². The largest absolute Gasteiger partial charge is 0.382 e. The average molecular weight is 289 g/mol. The number of aryl methyl sites for hydroxylation is 1. The zero-order valence-corrected chi connectivity index (χ0v) is 12.9. The van der Waals surface area contributed by atoms with Gasteiger partial charge in [-0.1, -0.05) is 0 Å². The maximum Gasteiger partial charge on any atom is 0.221 e. The van der Waals surface area contributed by atoms with E-state index < -0.39 is 0 Å². The predicted octanol–water partition coefficient (Wildman–Crippen LogP) is 2.38. The lowest BCUT2D eigenvalue weighted by Crippen LogP contribution is -2.41. The van der Waals surface area contributed by atoms with E-state index in [9.17, 15) is 9.59 Å². The highest BCUT2D eigenvalue weighted by Crippen LogP contribution is 2.22. The molecule has 5 heteroatoms. The van der Waals surface area contributed by atoms with Crippen LogP contribution in [-0.2, 0) is 9.59 Å². The van der Waals surface area contributed by atoms with Crippen molar-refractivity contribution >= 4 is 23.2 Å². The molecular weight excluding hydrogens is 266 g/mol. The lowest BCUT2D eigenvalue weighted by molar-refractivity contribution is -0.129. The van der Waals surface area contributed by atoms with Gasteiger partial charge in [-0.25, -0.2) is 0 Å². The molecular formula is C16H23N3O2. The van der Waals surface area contributed by atoms with Gasteiger partial charge in [-0.2, -0.15) is 0 Å². The molecule has 0 saturated carbocycles. The van der Waals surface area contributed by atoms with Crippen molar-refractivity contribution in [2.75, 3.05) is 23.7 Å². The van der Waals surface area contributed by atoms with E-state index in [4.69, 9.17) is 0 Å². The molecule has 0 bridgehead atoms. The first-order valence-corrected chi connectivity index (χ1v) is 7.36. The van der Waals surface area contributed by atoms with Crippen molar-refractivity contribution in [3.63, 3.8) is 0 Å². The van der Waals surface area contributed by atoms with Gasteiger partial charge in [0.2, 0.25) is 11.8 Å². The highest BCUT2D eigenvalue weighted by molar-refractivity contribution is 5.89. The number of benzene rings is 1. The van der Waals surface area contributed by atoms with E-state index in [2.05, 4.69) is 10.6 Å². The van der Waals surface area contributed by atoms with Gasteiger partial charge in [0.15, 0.2) is 0 Å². The number of nitrogens with one attached hydrogen (secondary N) is 2. The monoisotopic (exact) mass is 289 g/mol. The molecule has 21 heavy (non-hydrogen) atoms. The molecule has 0 atom stereocenters. The topological polar surface area (TPSA) is 61.4 Å². The minimum absolute atomic E-state index is 0.0598. The minimum Gasteiger partial charge on any atom is -0.382 e. The van der Waals surface area contributed by atoms with Gasteiger partial charge in [-0.05, 0) is 43.5 Å².